The van der Waals surface area contributed by atoms with Gasteiger partial charge in [-0.15, -0.1) is 0 Å². The van der Waals surface area contributed by atoms with Crippen molar-refractivity contribution in [3.63, 3.8) is 0 Å². The van der Waals surface area contributed by atoms with Crippen molar-refractivity contribution in [2.45, 2.75) is 6.92 Å². The quantitative estimate of drug-likeness (QED) is 0.672. The fraction of sp³-hybridized carbons (Fsp3) is 0.158. The number of aryl methyl sites for hydroxylation is 1. The Bertz CT molecular complexity index is 1010. The van der Waals surface area contributed by atoms with E-state index in [-0.39, 0.29) is 11.9 Å². The largest absolute Gasteiger partial charge is 0.451 e. The molecule has 2 N–H and O–H groups in total. The molecule has 7 heteroatoms. The van der Waals surface area contributed by atoms with E-state index in [9.17, 15) is 9.59 Å². The molecule has 0 atom stereocenters. The zero-order valence-corrected chi connectivity index (χ0v) is 15.6. The van der Waals surface area contributed by atoms with Crippen molar-refractivity contribution < 1.29 is 14.0 Å². The highest BCUT2D eigenvalue weighted by Gasteiger charge is 2.21. The van der Waals surface area contributed by atoms with Gasteiger partial charge in [0.2, 0.25) is 0 Å². The average Bonchev–Trinajstić information content (AvgIpc) is 3.19. The molecule has 6 nitrogen and oxygen atoms in total. The standard InChI is InChI=1S/C19H16BrN3O3/c1-11-15-10-12(20)2-7-16(15)26-17(11)18(24)22-13-3-5-14(6-4-13)23-9-8-21-19(23)25/h2-7,10H,8-9H2,1H3,(H,21,25)(H,22,24). The van der Waals surface area contributed by atoms with Gasteiger partial charge >= 0.3 is 6.03 Å². The molecule has 4 rings (SSSR count). The van der Waals surface area contributed by atoms with Crippen LogP contribution in [-0.2, 0) is 0 Å². The van der Waals surface area contributed by atoms with Crippen molar-refractivity contribution in [2.75, 3.05) is 23.3 Å². The van der Waals surface area contributed by atoms with Crippen LogP contribution < -0.4 is 15.5 Å². The van der Waals surface area contributed by atoms with E-state index >= 15 is 0 Å². The number of benzene rings is 2. The number of halogens is 1. The number of carbonyl (C=O) groups excluding carboxylic acids is 2. The van der Waals surface area contributed by atoms with Crippen molar-refractivity contribution >= 4 is 50.2 Å². The van der Waals surface area contributed by atoms with E-state index in [0.717, 1.165) is 21.1 Å². The summed E-state index contributed by atoms with van der Waals surface area (Å²) in [6.45, 7) is 3.14. The van der Waals surface area contributed by atoms with Crippen LogP contribution >= 0.6 is 15.9 Å². The molecule has 1 aliphatic rings. The van der Waals surface area contributed by atoms with E-state index in [0.29, 0.717) is 30.1 Å². The van der Waals surface area contributed by atoms with Crippen LogP contribution in [0.15, 0.2) is 51.4 Å². The number of carbonyl (C=O) groups is 2. The third-order valence-electron chi connectivity index (χ3n) is 4.40. The molecule has 26 heavy (non-hydrogen) atoms. The van der Waals surface area contributed by atoms with Crippen LogP contribution in [0, 0.1) is 6.92 Å². The van der Waals surface area contributed by atoms with E-state index < -0.39 is 0 Å². The summed E-state index contributed by atoms with van der Waals surface area (Å²) in [6.07, 6.45) is 0. The Balaban J connectivity index is 1.55. The van der Waals surface area contributed by atoms with Gasteiger partial charge in [0.15, 0.2) is 5.76 Å². The molecule has 3 aromatic rings. The van der Waals surface area contributed by atoms with E-state index in [4.69, 9.17) is 4.42 Å². The number of nitrogens with one attached hydrogen (secondary N) is 2. The first-order valence-electron chi connectivity index (χ1n) is 8.18. The molecule has 0 aliphatic carbocycles. The van der Waals surface area contributed by atoms with Gasteiger partial charge in [-0.1, -0.05) is 15.9 Å². The lowest BCUT2D eigenvalue weighted by molar-refractivity contribution is 0.0998. The molecule has 2 aromatic carbocycles. The van der Waals surface area contributed by atoms with Gasteiger partial charge in [0, 0.05) is 39.9 Å². The second kappa shape index (κ2) is 6.49. The summed E-state index contributed by atoms with van der Waals surface area (Å²) in [5.41, 5.74) is 2.90. The van der Waals surface area contributed by atoms with Gasteiger partial charge < -0.3 is 15.1 Å². The number of hydrogen-bond acceptors (Lipinski definition) is 3. The Hall–Kier alpha value is -2.80. The summed E-state index contributed by atoms with van der Waals surface area (Å²) >= 11 is 3.43. The highest BCUT2D eigenvalue weighted by molar-refractivity contribution is 9.10. The molecule has 2 heterocycles. The minimum atomic E-state index is -0.304. The van der Waals surface area contributed by atoms with Crippen molar-refractivity contribution in [1.29, 1.82) is 0 Å². The summed E-state index contributed by atoms with van der Waals surface area (Å²) in [6, 6.07) is 12.7. The summed E-state index contributed by atoms with van der Waals surface area (Å²) < 4.78 is 6.65. The number of rotatable bonds is 3. The Morgan fingerprint density at radius 1 is 1.23 bits per heavy atom. The van der Waals surface area contributed by atoms with Crippen molar-refractivity contribution in [3.8, 4) is 0 Å². The number of nitrogens with zero attached hydrogens (tertiary/aromatic N) is 1. The van der Waals surface area contributed by atoms with Crippen LogP contribution in [0.25, 0.3) is 11.0 Å². The van der Waals surface area contributed by atoms with Gasteiger partial charge in [-0.2, -0.15) is 0 Å². The molecule has 132 valence electrons. The highest BCUT2D eigenvalue weighted by atomic mass is 79.9. The molecule has 1 aromatic heterocycles. The molecule has 3 amide bonds. The summed E-state index contributed by atoms with van der Waals surface area (Å²) in [5, 5.41) is 6.50. The van der Waals surface area contributed by atoms with Gasteiger partial charge in [-0.3, -0.25) is 9.69 Å². The predicted molar refractivity (Wildman–Crippen MR) is 104 cm³/mol. The number of amides is 3. The second-order valence-corrected chi connectivity index (χ2v) is 7.00. The lowest BCUT2D eigenvalue weighted by Gasteiger charge is -2.14. The number of urea groups is 1. The molecule has 0 radical (unpaired) electrons. The number of hydrogen-bond donors (Lipinski definition) is 2. The first-order valence-corrected chi connectivity index (χ1v) is 8.97. The van der Waals surface area contributed by atoms with Gasteiger partial charge in [-0.05, 0) is 49.4 Å². The lowest BCUT2D eigenvalue weighted by Crippen LogP contribution is -2.27. The average molecular weight is 414 g/mol. The molecule has 1 aliphatic heterocycles. The van der Waals surface area contributed by atoms with E-state index in [1.54, 1.807) is 17.0 Å². The maximum Gasteiger partial charge on any atom is 0.321 e. The van der Waals surface area contributed by atoms with Gasteiger partial charge in [0.25, 0.3) is 5.91 Å². The maximum absolute atomic E-state index is 12.6. The summed E-state index contributed by atoms with van der Waals surface area (Å²) in [7, 11) is 0. The fourth-order valence-electron chi connectivity index (χ4n) is 3.04. The zero-order valence-electron chi connectivity index (χ0n) is 14.0. The SMILES string of the molecule is Cc1c(C(=O)Nc2ccc(N3CCNC3=O)cc2)oc2ccc(Br)cc12. The molecule has 0 bridgehead atoms. The molecule has 0 spiro atoms. The molecule has 1 fully saturated rings. The van der Waals surface area contributed by atoms with Crippen molar-refractivity contribution in [2.24, 2.45) is 0 Å². The molecular formula is C19H16BrN3O3. The first-order chi connectivity index (χ1) is 12.5. The molecule has 1 saturated heterocycles. The Kier molecular flexibility index (Phi) is 4.16. The minimum absolute atomic E-state index is 0.106. The third kappa shape index (κ3) is 2.94. The second-order valence-electron chi connectivity index (χ2n) is 6.08. The van der Waals surface area contributed by atoms with Crippen molar-refractivity contribution in [3.05, 3.63) is 58.3 Å². The monoisotopic (exact) mass is 413 g/mol. The molecule has 0 saturated carbocycles. The highest BCUT2D eigenvalue weighted by Crippen LogP contribution is 2.29. The fourth-order valence-corrected chi connectivity index (χ4v) is 3.40. The Morgan fingerprint density at radius 3 is 2.69 bits per heavy atom. The molecular weight excluding hydrogens is 398 g/mol. The topological polar surface area (TPSA) is 74.6 Å². The normalized spacial score (nSPS) is 13.9. The first kappa shape index (κ1) is 16.7. The summed E-state index contributed by atoms with van der Waals surface area (Å²) in [4.78, 5) is 25.9. The number of furan rings is 1. The van der Waals surface area contributed by atoms with E-state index in [1.165, 1.54) is 0 Å². The zero-order chi connectivity index (χ0) is 18.3. The Labute approximate surface area is 158 Å². The van der Waals surface area contributed by atoms with Crippen LogP contribution in [-0.4, -0.2) is 25.0 Å². The predicted octanol–water partition coefficient (Wildman–Crippen LogP) is 4.29. The lowest BCUT2D eigenvalue weighted by atomic mass is 10.1. The minimum Gasteiger partial charge on any atom is -0.451 e. The summed E-state index contributed by atoms with van der Waals surface area (Å²) in [5.74, 6) is -0.0115. The van der Waals surface area contributed by atoms with Gasteiger partial charge in [0.05, 0.1) is 0 Å². The van der Waals surface area contributed by atoms with Gasteiger partial charge in [0.1, 0.15) is 5.58 Å². The smallest absolute Gasteiger partial charge is 0.321 e. The van der Waals surface area contributed by atoms with E-state index in [2.05, 4.69) is 26.6 Å². The van der Waals surface area contributed by atoms with Crippen LogP contribution in [0.4, 0.5) is 16.2 Å². The van der Waals surface area contributed by atoms with Crippen LogP contribution in [0.2, 0.25) is 0 Å². The number of anilines is 2. The number of fused-ring (bicyclic) bond motifs is 1. The maximum atomic E-state index is 12.6. The van der Waals surface area contributed by atoms with Gasteiger partial charge in [-0.25, -0.2) is 4.79 Å². The van der Waals surface area contributed by atoms with Crippen LogP contribution in [0.3, 0.4) is 0 Å². The van der Waals surface area contributed by atoms with Crippen molar-refractivity contribution in [1.82, 2.24) is 5.32 Å². The van der Waals surface area contributed by atoms with Crippen LogP contribution in [0.5, 0.6) is 0 Å². The molecule has 0 unspecified atom stereocenters. The van der Waals surface area contributed by atoms with Crippen LogP contribution in [0.1, 0.15) is 16.1 Å². The Morgan fingerprint density at radius 2 is 2.00 bits per heavy atom. The van der Waals surface area contributed by atoms with E-state index in [1.807, 2.05) is 37.3 Å². The third-order valence-corrected chi connectivity index (χ3v) is 4.89.